The van der Waals surface area contributed by atoms with Gasteiger partial charge in [-0.05, 0) is 24.1 Å². The van der Waals surface area contributed by atoms with E-state index in [1.165, 1.54) is 6.92 Å². The molecule has 5 nitrogen and oxygen atoms in total. The second kappa shape index (κ2) is 8.24. The number of hydrogen-bond acceptors (Lipinski definition) is 3. The first kappa shape index (κ1) is 15.1. The molecule has 1 aromatic rings. The number of amides is 2. The second-order valence-corrected chi connectivity index (χ2v) is 4.40. The van der Waals surface area contributed by atoms with Crippen LogP contribution in [0.1, 0.15) is 32.3 Å². The summed E-state index contributed by atoms with van der Waals surface area (Å²) in [6.07, 6.45) is 4.77. The Balaban J connectivity index is 2.41. The molecule has 0 aliphatic carbocycles. The molecule has 19 heavy (non-hydrogen) atoms. The van der Waals surface area contributed by atoms with Crippen molar-refractivity contribution >= 4 is 11.8 Å². The minimum absolute atomic E-state index is 0.00144. The van der Waals surface area contributed by atoms with Gasteiger partial charge in [0.05, 0.1) is 0 Å². The number of rotatable bonds is 7. The Bertz CT molecular complexity index is 406. The zero-order valence-corrected chi connectivity index (χ0v) is 11.6. The minimum atomic E-state index is 0.00144. The average molecular weight is 263 g/mol. The number of hydrogen-bond donors (Lipinski definition) is 1. The lowest BCUT2D eigenvalue weighted by atomic mass is 10.2. The Labute approximate surface area is 114 Å². The Morgan fingerprint density at radius 2 is 2.00 bits per heavy atom. The Morgan fingerprint density at radius 1 is 1.32 bits per heavy atom. The third kappa shape index (κ3) is 5.99. The average Bonchev–Trinajstić information content (AvgIpc) is 2.39. The lowest BCUT2D eigenvalue weighted by Crippen LogP contribution is -2.37. The molecule has 0 aliphatic rings. The van der Waals surface area contributed by atoms with Crippen molar-refractivity contribution in [1.82, 2.24) is 15.2 Å². The topological polar surface area (TPSA) is 62.3 Å². The fraction of sp³-hybridized carbons (Fsp3) is 0.500. The van der Waals surface area contributed by atoms with Gasteiger partial charge >= 0.3 is 0 Å². The first-order valence-electron chi connectivity index (χ1n) is 6.54. The molecule has 1 rings (SSSR count). The Kier molecular flexibility index (Phi) is 6.57. The van der Waals surface area contributed by atoms with Crippen LogP contribution in [0.25, 0.3) is 0 Å². The van der Waals surface area contributed by atoms with E-state index in [2.05, 4.69) is 10.3 Å². The molecule has 1 aromatic heterocycles. The summed E-state index contributed by atoms with van der Waals surface area (Å²) in [5, 5.41) is 2.81. The van der Waals surface area contributed by atoms with Crippen molar-refractivity contribution in [3.05, 3.63) is 30.1 Å². The van der Waals surface area contributed by atoms with Crippen molar-refractivity contribution in [2.75, 3.05) is 13.1 Å². The molecule has 0 fully saturated rings. The maximum absolute atomic E-state index is 11.5. The van der Waals surface area contributed by atoms with Crippen LogP contribution >= 0.6 is 0 Å². The van der Waals surface area contributed by atoms with Gasteiger partial charge in [-0.25, -0.2) is 0 Å². The van der Waals surface area contributed by atoms with E-state index in [1.54, 1.807) is 17.3 Å². The van der Waals surface area contributed by atoms with Crippen LogP contribution in [0.3, 0.4) is 0 Å². The third-order valence-electron chi connectivity index (χ3n) is 2.75. The van der Waals surface area contributed by atoms with E-state index in [0.29, 0.717) is 26.1 Å². The first-order valence-corrected chi connectivity index (χ1v) is 6.54. The summed E-state index contributed by atoms with van der Waals surface area (Å²) in [6.45, 7) is 5.05. The van der Waals surface area contributed by atoms with Gasteiger partial charge in [-0.1, -0.05) is 6.92 Å². The first-order chi connectivity index (χ1) is 9.13. The Morgan fingerprint density at radius 3 is 2.58 bits per heavy atom. The lowest BCUT2D eigenvalue weighted by Gasteiger charge is -2.21. The van der Waals surface area contributed by atoms with Crippen molar-refractivity contribution < 1.29 is 9.59 Å². The molecule has 0 saturated carbocycles. The maximum Gasteiger partial charge on any atom is 0.220 e. The summed E-state index contributed by atoms with van der Waals surface area (Å²) in [7, 11) is 0. The summed E-state index contributed by atoms with van der Waals surface area (Å²) >= 11 is 0. The predicted octanol–water partition coefficient (Wildman–Crippen LogP) is 1.35. The standard InChI is InChI=1S/C14H21N3O2/c1-3-4-14(19)16-9-10-17(12(2)18)11-13-5-7-15-8-6-13/h5-8H,3-4,9-11H2,1-2H3,(H,16,19). The van der Waals surface area contributed by atoms with Gasteiger partial charge in [-0.3, -0.25) is 14.6 Å². The molecular formula is C14H21N3O2. The fourth-order valence-corrected chi connectivity index (χ4v) is 1.70. The molecule has 2 amide bonds. The molecule has 104 valence electrons. The van der Waals surface area contributed by atoms with Gasteiger partial charge in [0.2, 0.25) is 11.8 Å². The summed E-state index contributed by atoms with van der Waals surface area (Å²) in [5.41, 5.74) is 1.03. The van der Waals surface area contributed by atoms with Crippen LogP contribution in [0.15, 0.2) is 24.5 Å². The number of carbonyl (C=O) groups excluding carboxylic acids is 2. The van der Waals surface area contributed by atoms with Gasteiger partial charge in [0, 0.05) is 45.4 Å². The minimum Gasteiger partial charge on any atom is -0.354 e. The molecule has 0 aromatic carbocycles. The predicted molar refractivity (Wildman–Crippen MR) is 73.2 cm³/mol. The molecule has 0 saturated heterocycles. The van der Waals surface area contributed by atoms with E-state index in [0.717, 1.165) is 12.0 Å². The smallest absolute Gasteiger partial charge is 0.220 e. The van der Waals surface area contributed by atoms with Crippen molar-refractivity contribution in [1.29, 1.82) is 0 Å². The molecule has 1 N–H and O–H groups in total. The van der Waals surface area contributed by atoms with Crippen molar-refractivity contribution in [3.8, 4) is 0 Å². The van der Waals surface area contributed by atoms with Gasteiger partial charge in [-0.15, -0.1) is 0 Å². The van der Waals surface area contributed by atoms with Crippen molar-refractivity contribution in [2.24, 2.45) is 0 Å². The number of aromatic nitrogens is 1. The molecule has 0 bridgehead atoms. The Hall–Kier alpha value is -1.91. The SMILES string of the molecule is CCCC(=O)NCCN(Cc1ccncc1)C(C)=O. The van der Waals surface area contributed by atoms with Crippen LogP contribution in [0.5, 0.6) is 0 Å². The largest absolute Gasteiger partial charge is 0.354 e. The molecular weight excluding hydrogens is 242 g/mol. The van der Waals surface area contributed by atoms with Crippen LogP contribution in [0, 0.1) is 0 Å². The van der Waals surface area contributed by atoms with E-state index in [-0.39, 0.29) is 11.8 Å². The molecule has 0 spiro atoms. The van der Waals surface area contributed by atoms with Crippen molar-refractivity contribution in [3.63, 3.8) is 0 Å². The van der Waals surface area contributed by atoms with E-state index in [9.17, 15) is 9.59 Å². The number of carbonyl (C=O) groups is 2. The van der Waals surface area contributed by atoms with Crippen LogP contribution in [0.2, 0.25) is 0 Å². The van der Waals surface area contributed by atoms with E-state index < -0.39 is 0 Å². The van der Waals surface area contributed by atoms with Crippen molar-refractivity contribution in [2.45, 2.75) is 33.2 Å². The van der Waals surface area contributed by atoms with Gasteiger partial charge in [-0.2, -0.15) is 0 Å². The monoisotopic (exact) mass is 263 g/mol. The lowest BCUT2D eigenvalue weighted by molar-refractivity contribution is -0.130. The maximum atomic E-state index is 11.5. The zero-order chi connectivity index (χ0) is 14.1. The molecule has 5 heteroatoms. The van der Waals surface area contributed by atoms with Gasteiger partial charge in [0.15, 0.2) is 0 Å². The highest BCUT2D eigenvalue weighted by Gasteiger charge is 2.09. The molecule has 0 atom stereocenters. The summed E-state index contributed by atoms with van der Waals surface area (Å²) in [4.78, 5) is 28.5. The van der Waals surface area contributed by atoms with E-state index in [4.69, 9.17) is 0 Å². The summed E-state index contributed by atoms with van der Waals surface area (Å²) < 4.78 is 0. The van der Waals surface area contributed by atoms with Crippen LogP contribution in [0.4, 0.5) is 0 Å². The van der Waals surface area contributed by atoms with E-state index >= 15 is 0 Å². The highest BCUT2D eigenvalue weighted by molar-refractivity contribution is 5.76. The molecule has 0 unspecified atom stereocenters. The summed E-state index contributed by atoms with van der Waals surface area (Å²) in [5.74, 6) is 0.0384. The van der Waals surface area contributed by atoms with E-state index in [1.807, 2.05) is 19.1 Å². The second-order valence-electron chi connectivity index (χ2n) is 4.40. The number of nitrogens with one attached hydrogen (secondary N) is 1. The number of nitrogens with zero attached hydrogens (tertiary/aromatic N) is 2. The third-order valence-corrected chi connectivity index (χ3v) is 2.75. The summed E-state index contributed by atoms with van der Waals surface area (Å²) in [6, 6.07) is 3.76. The van der Waals surface area contributed by atoms with Gasteiger partial charge in [0.1, 0.15) is 0 Å². The highest BCUT2D eigenvalue weighted by Crippen LogP contribution is 2.03. The molecule has 0 radical (unpaired) electrons. The molecule has 1 heterocycles. The van der Waals surface area contributed by atoms with Crippen LogP contribution < -0.4 is 5.32 Å². The quantitative estimate of drug-likeness (QED) is 0.807. The van der Waals surface area contributed by atoms with Gasteiger partial charge < -0.3 is 10.2 Å². The zero-order valence-electron chi connectivity index (χ0n) is 11.6. The van der Waals surface area contributed by atoms with Crippen LogP contribution in [-0.2, 0) is 16.1 Å². The fourth-order valence-electron chi connectivity index (χ4n) is 1.70. The van der Waals surface area contributed by atoms with Crippen LogP contribution in [-0.4, -0.2) is 34.8 Å². The highest BCUT2D eigenvalue weighted by atomic mass is 16.2. The number of pyridine rings is 1. The van der Waals surface area contributed by atoms with Gasteiger partial charge in [0.25, 0.3) is 0 Å². The molecule has 0 aliphatic heterocycles. The normalized spacial score (nSPS) is 10.0.